The summed E-state index contributed by atoms with van der Waals surface area (Å²) < 4.78 is 0. The number of carboxylic acids is 1. The van der Waals surface area contributed by atoms with Crippen LogP contribution in [0.3, 0.4) is 0 Å². The Labute approximate surface area is 158 Å². The van der Waals surface area contributed by atoms with Crippen molar-refractivity contribution >= 4 is 11.8 Å². The molecular formula is C22H36O4. The number of hydrogen-bond donors (Lipinski definition) is 2. The van der Waals surface area contributed by atoms with Crippen LogP contribution < -0.4 is 0 Å². The van der Waals surface area contributed by atoms with E-state index in [2.05, 4.69) is 13.0 Å². The molecule has 0 aromatic rings. The van der Waals surface area contributed by atoms with Crippen molar-refractivity contribution in [2.75, 3.05) is 0 Å². The van der Waals surface area contributed by atoms with E-state index in [-0.39, 0.29) is 18.3 Å². The molecule has 0 saturated heterocycles. The zero-order chi connectivity index (χ0) is 19.2. The van der Waals surface area contributed by atoms with Crippen molar-refractivity contribution in [3.63, 3.8) is 0 Å². The van der Waals surface area contributed by atoms with Crippen LogP contribution in [0.25, 0.3) is 0 Å². The Bertz CT molecular complexity index is 467. The zero-order valence-corrected chi connectivity index (χ0v) is 16.2. The summed E-state index contributed by atoms with van der Waals surface area (Å²) in [5.41, 5.74) is 0. The van der Waals surface area contributed by atoms with Gasteiger partial charge in [-0.05, 0) is 38.0 Å². The van der Waals surface area contributed by atoms with Crippen LogP contribution in [-0.4, -0.2) is 28.1 Å². The van der Waals surface area contributed by atoms with E-state index >= 15 is 0 Å². The molecule has 0 bridgehead atoms. The number of aliphatic hydroxyl groups is 1. The van der Waals surface area contributed by atoms with E-state index in [1.165, 1.54) is 25.7 Å². The van der Waals surface area contributed by atoms with Gasteiger partial charge in [-0.25, -0.2) is 0 Å². The van der Waals surface area contributed by atoms with Crippen molar-refractivity contribution in [3.05, 3.63) is 24.3 Å². The van der Waals surface area contributed by atoms with E-state index in [0.29, 0.717) is 18.6 Å². The molecular weight excluding hydrogens is 328 g/mol. The second kappa shape index (κ2) is 13.7. The number of carbonyl (C=O) groups excluding carboxylic acids is 1. The smallest absolute Gasteiger partial charge is 0.303 e. The van der Waals surface area contributed by atoms with Gasteiger partial charge in [0.05, 0.1) is 6.10 Å². The topological polar surface area (TPSA) is 74.6 Å². The number of carboxylic acid groups (broad SMARTS) is 1. The van der Waals surface area contributed by atoms with Gasteiger partial charge in [0.25, 0.3) is 0 Å². The van der Waals surface area contributed by atoms with Crippen molar-refractivity contribution in [1.29, 1.82) is 0 Å². The summed E-state index contributed by atoms with van der Waals surface area (Å²) in [7, 11) is 0. The van der Waals surface area contributed by atoms with E-state index in [4.69, 9.17) is 5.11 Å². The van der Waals surface area contributed by atoms with E-state index in [9.17, 15) is 14.7 Å². The first-order valence-electron chi connectivity index (χ1n) is 10.3. The highest BCUT2D eigenvalue weighted by Crippen LogP contribution is 2.33. The molecule has 0 amide bonds. The van der Waals surface area contributed by atoms with E-state index in [0.717, 1.165) is 32.1 Å². The van der Waals surface area contributed by atoms with Gasteiger partial charge in [0.15, 0.2) is 0 Å². The average Bonchev–Trinajstić information content (AvgIpc) is 2.95. The largest absolute Gasteiger partial charge is 0.481 e. The third-order valence-corrected chi connectivity index (χ3v) is 5.17. The van der Waals surface area contributed by atoms with Crippen LogP contribution in [-0.2, 0) is 9.59 Å². The minimum absolute atomic E-state index is 0.0483. The van der Waals surface area contributed by atoms with Crippen LogP contribution in [0.4, 0.5) is 0 Å². The van der Waals surface area contributed by atoms with Crippen LogP contribution in [0.5, 0.6) is 0 Å². The summed E-state index contributed by atoms with van der Waals surface area (Å²) in [6.07, 6.45) is 18.0. The number of unbranched alkanes of at least 4 members (excludes halogenated alkanes) is 4. The van der Waals surface area contributed by atoms with Gasteiger partial charge in [0, 0.05) is 18.8 Å². The predicted molar refractivity (Wildman–Crippen MR) is 105 cm³/mol. The number of aliphatic carboxylic acids is 1. The van der Waals surface area contributed by atoms with E-state index in [1.54, 1.807) is 0 Å². The molecule has 1 aliphatic rings. The van der Waals surface area contributed by atoms with Gasteiger partial charge in [-0.3, -0.25) is 9.59 Å². The summed E-state index contributed by atoms with van der Waals surface area (Å²) in [5, 5.41) is 18.7. The lowest BCUT2D eigenvalue weighted by molar-refractivity contribution is -0.136. The molecule has 26 heavy (non-hydrogen) atoms. The first kappa shape index (κ1) is 22.6. The Hall–Kier alpha value is -1.42. The van der Waals surface area contributed by atoms with Crippen LogP contribution in [0.1, 0.15) is 84.0 Å². The number of hydrogen-bond acceptors (Lipinski definition) is 3. The molecule has 1 rings (SSSR count). The zero-order valence-electron chi connectivity index (χ0n) is 16.2. The summed E-state index contributed by atoms with van der Waals surface area (Å²) in [6.45, 7) is 2.20. The van der Waals surface area contributed by atoms with Crippen molar-refractivity contribution in [1.82, 2.24) is 0 Å². The molecule has 0 heterocycles. The van der Waals surface area contributed by atoms with E-state index in [1.807, 2.05) is 18.2 Å². The minimum Gasteiger partial charge on any atom is -0.481 e. The van der Waals surface area contributed by atoms with Crippen LogP contribution >= 0.6 is 0 Å². The maximum atomic E-state index is 12.1. The van der Waals surface area contributed by atoms with Crippen LogP contribution in [0, 0.1) is 11.8 Å². The lowest BCUT2D eigenvalue weighted by Crippen LogP contribution is -2.13. The van der Waals surface area contributed by atoms with Crippen molar-refractivity contribution < 1.29 is 19.8 Å². The molecule has 2 N–H and O–H groups in total. The summed E-state index contributed by atoms with van der Waals surface area (Å²) in [6, 6.07) is 0. The fraction of sp³-hybridized carbons (Fsp3) is 0.727. The number of ketones is 1. The second-order valence-electron chi connectivity index (χ2n) is 7.41. The first-order chi connectivity index (χ1) is 12.5. The highest BCUT2D eigenvalue weighted by atomic mass is 16.4. The van der Waals surface area contributed by atoms with Crippen molar-refractivity contribution in [2.24, 2.45) is 11.8 Å². The summed E-state index contributed by atoms with van der Waals surface area (Å²) in [4.78, 5) is 22.6. The first-order valence-corrected chi connectivity index (χ1v) is 10.3. The normalized spacial score (nSPS) is 21.8. The standard InChI is InChI=1S/C22H36O4/c1-2-3-4-5-8-11-19(23)16-14-18-15-17-21(24)20(18)12-9-6-7-10-13-22(25)26/h6-7,14,16,18-20,23H,2-5,8-13,15,17H2,1H3,(H,25,26). The van der Waals surface area contributed by atoms with E-state index < -0.39 is 12.1 Å². The van der Waals surface area contributed by atoms with Crippen LogP contribution in [0.2, 0.25) is 0 Å². The maximum absolute atomic E-state index is 12.1. The van der Waals surface area contributed by atoms with Gasteiger partial charge in [-0.2, -0.15) is 0 Å². The highest BCUT2D eigenvalue weighted by molar-refractivity contribution is 5.83. The van der Waals surface area contributed by atoms with Crippen molar-refractivity contribution in [2.45, 2.75) is 90.1 Å². The molecule has 4 nitrogen and oxygen atoms in total. The van der Waals surface area contributed by atoms with Gasteiger partial charge in [-0.1, -0.05) is 63.3 Å². The quantitative estimate of drug-likeness (QED) is 0.334. The third-order valence-electron chi connectivity index (χ3n) is 5.17. The molecule has 1 aliphatic carbocycles. The average molecular weight is 365 g/mol. The monoisotopic (exact) mass is 364 g/mol. The molecule has 4 heteroatoms. The maximum Gasteiger partial charge on any atom is 0.303 e. The Morgan fingerprint density at radius 1 is 1.19 bits per heavy atom. The van der Waals surface area contributed by atoms with Gasteiger partial charge in [0.1, 0.15) is 5.78 Å². The molecule has 0 aromatic heterocycles. The Balaban J connectivity index is 2.30. The van der Waals surface area contributed by atoms with Gasteiger partial charge < -0.3 is 10.2 Å². The Morgan fingerprint density at radius 2 is 1.92 bits per heavy atom. The second-order valence-corrected chi connectivity index (χ2v) is 7.41. The fourth-order valence-electron chi connectivity index (χ4n) is 3.58. The van der Waals surface area contributed by atoms with Gasteiger partial charge in [0.2, 0.25) is 0 Å². The van der Waals surface area contributed by atoms with Gasteiger partial charge >= 0.3 is 5.97 Å². The number of aliphatic hydroxyl groups excluding tert-OH is 1. The number of Topliss-reactive ketones (excluding diaryl/α,β-unsaturated/α-hetero) is 1. The molecule has 0 aromatic carbocycles. The predicted octanol–water partition coefficient (Wildman–Crippen LogP) is 5.06. The molecule has 0 aliphatic heterocycles. The molecule has 1 saturated carbocycles. The summed E-state index contributed by atoms with van der Waals surface area (Å²) in [5.74, 6) is -0.167. The Morgan fingerprint density at radius 3 is 2.65 bits per heavy atom. The molecule has 1 fully saturated rings. The third kappa shape index (κ3) is 9.91. The molecule has 3 unspecified atom stereocenters. The minimum atomic E-state index is -0.783. The number of carbonyl (C=O) groups is 2. The molecule has 148 valence electrons. The lowest BCUT2D eigenvalue weighted by atomic mass is 9.90. The lowest BCUT2D eigenvalue weighted by Gasteiger charge is -2.14. The fourth-order valence-corrected chi connectivity index (χ4v) is 3.58. The molecule has 0 spiro atoms. The molecule has 0 radical (unpaired) electrons. The highest BCUT2D eigenvalue weighted by Gasteiger charge is 2.32. The van der Waals surface area contributed by atoms with Crippen LogP contribution in [0.15, 0.2) is 24.3 Å². The summed E-state index contributed by atoms with van der Waals surface area (Å²) >= 11 is 0. The number of rotatable bonds is 14. The number of allylic oxidation sites excluding steroid dienone is 3. The van der Waals surface area contributed by atoms with Gasteiger partial charge in [-0.15, -0.1) is 0 Å². The Kier molecular flexibility index (Phi) is 12.0. The van der Waals surface area contributed by atoms with Crippen molar-refractivity contribution in [3.8, 4) is 0 Å². The molecule has 3 atom stereocenters. The SMILES string of the molecule is CCCCCCCC(O)C=CC1CCC(=O)C1CCC=CCCC(=O)O.